The van der Waals surface area contributed by atoms with Gasteiger partial charge in [0.2, 0.25) is 0 Å². The summed E-state index contributed by atoms with van der Waals surface area (Å²) in [6.07, 6.45) is 0. The Morgan fingerprint density at radius 3 is 2.72 bits per heavy atom. The lowest BCUT2D eigenvalue weighted by Crippen LogP contribution is -2.37. The summed E-state index contributed by atoms with van der Waals surface area (Å²) >= 11 is 0. The number of aliphatic hydroxyl groups excluding tert-OH is 1. The van der Waals surface area contributed by atoms with Gasteiger partial charge in [-0.05, 0) is 19.9 Å². The maximum Gasteiger partial charge on any atom is 0.289 e. The summed E-state index contributed by atoms with van der Waals surface area (Å²) in [4.78, 5) is 13.7. The SMILES string of the molecule is Cc1c(C(=O)N(C)C(C)CO)oc2ccccc12. The lowest BCUT2D eigenvalue weighted by atomic mass is 10.1. The topological polar surface area (TPSA) is 53.7 Å². The Hall–Kier alpha value is -1.81. The van der Waals surface area contributed by atoms with Crippen LogP contribution in [0.25, 0.3) is 11.0 Å². The Labute approximate surface area is 106 Å². The molecule has 0 bridgehead atoms. The number of hydrogen-bond acceptors (Lipinski definition) is 3. The number of furan rings is 1. The predicted octanol–water partition coefficient (Wildman–Crippen LogP) is 2.19. The molecule has 0 saturated heterocycles. The van der Waals surface area contributed by atoms with Crippen molar-refractivity contribution in [3.05, 3.63) is 35.6 Å². The number of nitrogens with zero attached hydrogens (tertiary/aromatic N) is 1. The van der Waals surface area contributed by atoms with E-state index in [0.29, 0.717) is 11.3 Å². The Balaban J connectivity index is 2.42. The van der Waals surface area contributed by atoms with E-state index in [4.69, 9.17) is 9.52 Å². The number of hydrogen-bond donors (Lipinski definition) is 1. The van der Waals surface area contributed by atoms with E-state index in [9.17, 15) is 4.79 Å². The van der Waals surface area contributed by atoms with Crippen LogP contribution in [0.2, 0.25) is 0 Å². The fourth-order valence-electron chi connectivity index (χ4n) is 1.86. The largest absolute Gasteiger partial charge is 0.451 e. The number of para-hydroxylation sites is 1. The van der Waals surface area contributed by atoms with Crippen molar-refractivity contribution >= 4 is 16.9 Å². The predicted molar refractivity (Wildman–Crippen MR) is 69.6 cm³/mol. The van der Waals surface area contributed by atoms with Gasteiger partial charge in [-0.15, -0.1) is 0 Å². The van der Waals surface area contributed by atoms with Gasteiger partial charge in [-0.3, -0.25) is 4.79 Å². The van der Waals surface area contributed by atoms with Crippen molar-refractivity contribution < 1.29 is 14.3 Å². The highest BCUT2D eigenvalue weighted by Gasteiger charge is 2.23. The third kappa shape index (κ3) is 1.99. The molecule has 0 aliphatic heterocycles. The van der Waals surface area contributed by atoms with Crippen LogP contribution < -0.4 is 0 Å². The van der Waals surface area contributed by atoms with Crippen molar-refractivity contribution in [3.63, 3.8) is 0 Å². The Morgan fingerprint density at radius 2 is 2.11 bits per heavy atom. The molecular formula is C14H17NO3. The Morgan fingerprint density at radius 1 is 1.44 bits per heavy atom. The molecule has 0 aliphatic carbocycles. The summed E-state index contributed by atoms with van der Waals surface area (Å²) in [5, 5.41) is 10.0. The van der Waals surface area contributed by atoms with Crippen LogP contribution in [0.15, 0.2) is 28.7 Å². The van der Waals surface area contributed by atoms with Gasteiger partial charge in [-0.25, -0.2) is 0 Å². The van der Waals surface area contributed by atoms with Gasteiger partial charge in [-0.2, -0.15) is 0 Å². The number of likely N-dealkylation sites (N-methyl/N-ethyl adjacent to an activating group) is 1. The van der Waals surface area contributed by atoms with Crippen LogP contribution in [0, 0.1) is 6.92 Å². The van der Waals surface area contributed by atoms with Crippen LogP contribution in [0.1, 0.15) is 23.0 Å². The molecule has 18 heavy (non-hydrogen) atoms. The van der Waals surface area contributed by atoms with E-state index in [1.165, 1.54) is 4.90 Å². The summed E-state index contributed by atoms with van der Waals surface area (Å²) in [6, 6.07) is 7.33. The average Bonchev–Trinajstić information content (AvgIpc) is 2.74. The third-order valence-corrected chi connectivity index (χ3v) is 3.28. The number of carbonyl (C=O) groups is 1. The zero-order valence-corrected chi connectivity index (χ0v) is 10.8. The van der Waals surface area contributed by atoms with E-state index in [-0.39, 0.29) is 18.6 Å². The van der Waals surface area contributed by atoms with E-state index in [0.717, 1.165) is 10.9 Å². The van der Waals surface area contributed by atoms with E-state index >= 15 is 0 Å². The molecule has 0 radical (unpaired) electrons. The fraction of sp³-hybridized carbons (Fsp3) is 0.357. The molecule has 0 spiro atoms. The average molecular weight is 247 g/mol. The summed E-state index contributed by atoms with van der Waals surface area (Å²) in [6.45, 7) is 3.59. The normalized spacial score (nSPS) is 12.7. The summed E-state index contributed by atoms with van der Waals surface area (Å²) in [7, 11) is 1.66. The minimum Gasteiger partial charge on any atom is -0.451 e. The van der Waals surface area contributed by atoms with Gasteiger partial charge in [0.15, 0.2) is 5.76 Å². The van der Waals surface area contributed by atoms with Crippen molar-refractivity contribution in [1.82, 2.24) is 4.90 Å². The maximum atomic E-state index is 12.3. The van der Waals surface area contributed by atoms with Crippen molar-refractivity contribution in [1.29, 1.82) is 0 Å². The second kappa shape index (κ2) is 4.82. The van der Waals surface area contributed by atoms with Gasteiger partial charge >= 0.3 is 0 Å². The fourth-order valence-corrected chi connectivity index (χ4v) is 1.86. The van der Waals surface area contributed by atoms with Crippen LogP contribution in [0.3, 0.4) is 0 Å². The molecule has 1 amide bonds. The van der Waals surface area contributed by atoms with Crippen LogP contribution in [0.4, 0.5) is 0 Å². The van der Waals surface area contributed by atoms with E-state index in [1.54, 1.807) is 14.0 Å². The molecule has 96 valence electrons. The molecule has 1 aromatic heterocycles. The van der Waals surface area contributed by atoms with Gasteiger partial charge in [0.05, 0.1) is 12.6 Å². The van der Waals surface area contributed by atoms with Crippen molar-refractivity contribution in [2.75, 3.05) is 13.7 Å². The molecule has 1 N–H and O–H groups in total. The van der Waals surface area contributed by atoms with Crippen LogP contribution in [-0.4, -0.2) is 35.6 Å². The zero-order valence-electron chi connectivity index (χ0n) is 10.8. The van der Waals surface area contributed by atoms with Crippen molar-refractivity contribution in [2.45, 2.75) is 19.9 Å². The number of carbonyl (C=O) groups excluding carboxylic acids is 1. The molecule has 1 heterocycles. The van der Waals surface area contributed by atoms with Crippen molar-refractivity contribution in [3.8, 4) is 0 Å². The van der Waals surface area contributed by atoms with Crippen LogP contribution >= 0.6 is 0 Å². The highest BCUT2D eigenvalue weighted by molar-refractivity contribution is 5.98. The summed E-state index contributed by atoms with van der Waals surface area (Å²) in [5.74, 6) is 0.143. The number of amides is 1. The first-order chi connectivity index (χ1) is 8.56. The van der Waals surface area contributed by atoms with E-state index in [2.05, 4.69) is 0 Å². The van der Waals surface area contributed by atoms with Gasteiger partial charge in [0.25, 0.3) is 5.91 Å². The Bertz CT molecular complexity index is 573. The number of aryl methyl sites for hydroxylation is 1. The summed E-state index contributed by atoms with van der Waals surface area (Å²) < 4.78 is 5.60. The molecule has 2 rings (SSSR count). The zero-order chi connectivity index (χ0) is 13.3. The van der Waals surface area contributed by atoms with Gasteiger partial charge < -0.3 is 14.4 Å². The molecule has 4 nitrogen and oxygen atoms in total. The molecule has 0 aliphatic rings. The third-order valence-electron chi connectivity index (χ3n) is 3.28. The molecule has 4 heteroatoms. The number of benzene rings is 1. The van der Waals surface area contributed by atoms with Gasteiger partial charge in [0, 0.05) is 18.0 Å². The molecule has 1 unspecified atom stereocenters. The first-order valence-electron chi connectivity index (χ1n) is 5.92. The van der Waals surface area contributed by atoms with Crippen LogP contribution in [0.5, 0.6) is 0 Å². The molecule has 0 saturated carbocycles. The molecule has 1 atom stereocenters. The highest BCUT2D eigenvalue weighted by Crippen LogP contribution is 2.25. The standard InChI is InChI=1S/C14H17NO3/c1-9(8-16)15(3)14(17)13-10(2)11-6-4-5-7-12(11)18-13/h4-7,9,16H,8H2,1-3H3. The molecule has 2 aromatic rings. The van der Waals surface area contributed by atoms with Gasteiger partial charge in [-0.1, -0.05) is 18.2 Å². The molecule has 0 fully saturated rings. The first kappa shape index (κ1) is 12.6. The smallest absolute Gasteiger partial charge is 0.289 e. The lowest BCUT2D eigenvalue weighted by molar-refractivity contribution is 0.0652. The molecular weight excluding hydrogens is 230 g/mol. The minimum absolute atomic E-state index is 0.0679. The number of aliphatic hydroxyl groups is 1. The van der Waals surface area contributed by atoms with E-state index in [1.807, 2.05) is 31.2 Å². The van der Waals surface area contributed by atoms with Crippen LogP contribution in [-0.2, 0) is 0 Å². The number of rotatable bonds is 3. The number of fused-ring (bicyclic) bond motifs is 1. The lowest BCUT2D eigenvalue weighted by Gasteiger charge is -2.22. The monoisotopic (exact) mass is 247 g/mol. The maximum absolute atomic E-state index is 12.3. The van der Waals surface area contributed by atoms with Crippen molar-refractivity contribution in [2.24, 2.45) is 0 Å². The molecule has 1 aromatic carbocycles. The second-order valence-corrected chi connectivity index (χ2v) is 4.50. The summed E-state index contributed by atoms with van der Waals surface area (Å²) in [5.41, 5.74) is 1.55. The van der Waals surface area contributed by atoms with Gasteiger partial charge in [0.1, 0.15) is 5.58 Å². The first-order valence-corrected chi connectivity index (χ1v) is 5.92. The minimum atomic E-state index is -0.231. The second-order valence-electron chi connectivity index (χ2n) is 4.50. The highest BCUT2D eigenvalue weighted by atomic mass is 16.3. The van der Waals surface area contributed by atoms with E-state index < -0.39 is 0 Å². The quantitative estimate of drug-likeness (QED) is 0.904. The Kier molecular flexibility index (Phi) is 3.39.